The molecule has 8 heteroatoms. The molecule has 0 aromatic heterocycles. The van der Waals surface area contributed by atoms with E-state index < -0.39 is 23.4 Å². The molecule has 1 fully saturated rings. The first-order valence-corrected chi connectivity index (χ1v) is 9.24. The van der Waals surface area contributed by atoms with Gasteiger partial charge >= 0.3 is 5.97 Å². The summed E-state index contributed by atoms with van der Waals surface area (Å²) in [5.41, 5.74) is 0.482. The van der Waals surface area contributed by atoms with Gasteiger partial charge in [0.05, 0.1) is 20.8 Å². The lowest BCUT2D eigenvalue weighted by Gasteiger charge is -2.40. The Morgan fingerprint density at radius 1 is 1.03 bits per heavy atom. The molecular weight excluding hydrogens is 380 g/mol. The van der Waals surface area contributed by atoms with Gasteiger partial charge in [-0.15, -0.1) is 0 Å². The second-order valence-corrected chi connectivity index (χ2v) is 7.44. The Bertz CT molecular complexity index is 991. The van der Waals surface area contributed by atoms with Crippen molar-refractivity contribution in [2.75, 3.05) is 27.6 Å². The average molecular weight is 400 g/mol. The Balaban J connectivity index is 1.76. The first kappa shape index (κ1) is 17.9. The minimum Gasteiger partial charge on any atom is -0.502 e. The van der Waals surface area contributed by atoms with Crippen molar-refractivity contribution < 1.29 is 38.7 Å². The molecule has 5 rings (SSSR count). The summed E-state index contributed by atoms with van der Waals surface area (Å²) in [6.45, 7) is 0.256. The molecule has 0 spiro atoms. The van der Waals surface area contributed by atoms with Crippen LogP contribution >= 0.6 is 0 Å². The quantitative estimate of drug-likeness (QED) is 0.751. The number of esters is 1. The van der Waals surface area contributed by atoms with E-state index in [0.29, 0.717) is 23.5 Å². The maximum atomic E-state index is 12.7. The zero-order valence-corrected chi connectivity index (χ0v) is 15.9. The lowest BCUT2D eigenvalue weighted by Crippen LogP contribution is -2.50. The zero-order chi connectivity index (χ0) is 20.3. The molecule has 0 unspecified atom stereocenters. The molecule has 1 saturated heterocycles. The van der Waals surface area contributed by atoms with Gasteiger partial charge in [-0.25, -0.2) is 4.79 Å². The number of fused-ring (bicyclic) bond motifs is 3. The van der Waals surface area contributed by atoms with Gasteiger partial charge < -0.3 is 33.9 Å². The predicted molar refractivity (Wildman–Crippen MR) is 98.7 cm³/mol. The topological polar surface area (TPSA) is 104 Å². The molecule has 2 aromatic carbocycles. The van der Waals surface area contributed by atoms with Crippen LogP contribution in [0.15, 0.2) is 24.3 Å². The summed E-state index contributed by atoms with van der Waals surface area (Å²) in [7, 11) is 2.85. The summed E-state index contributed by atoms with van der Waals surface area (Å²) in [5.74, 6) is -0.445. The molecule has 29 heavy (non-hydrogen) atoms. The molecule has 152 valence electrons. The van der Waals surface area contributed by atoms with Gasteiger partial charge in [-0.1, -0.05) is 0 Å². The molecule has 2 N–H and O–H groups in total. The van der Waals surface area contributed by atoms with Gasteiger partial charge in [-0.05, 0) is 47.4 Å². The highest BCUT2D eigenvalue weighted by Crippen LogP contribution is 2.54. The minimum absolute atomic E-state index is 0.124. The maximum Gasteiger partial charge on any atom is 0.339 e. The van der Waals surface area contributed by atoms with Crippen LogP contribution in [0.25, 0.3) is 0 Å². The number of phenols is 1. The third-order valence-corrected chi connectivity index (χ3v) is 6.05. The molecular formula is C21H20O8. The Morgan fingerprint density at radius 2 is 1.69 bits per heavy atom. The van der Waals surface area contributed by atoms with Crippen molar-refractivity contribution in [2.45, 2.75) is 17.9 Å². The summed E-state index contributed by atoms with van der Waals surface area (Å²) in [5, 5.41) is 21.9. The van der Waals surface area contributed by atoms with Crippen molar-refractivity contribution >= 4 is 5.97 Å². The Morgan fingerprint density at radius 3 is 2.34 bits per heavy atom. The minimum atomic E-state index is -1.76. The Kier molecular flexibility index (Phi) is 3.82. The standard InChI is InChI=1S/C21H20O8/c1-25-16-5-11(6-17(26-2)19(16)22)18-13-7-15-14(28-9-29-15)4-10(13)3-12-8-27-20(23)21(12,18)24/h4-7,12,18,22,24H,3,8-9H2,1-2H3/t12-,18+,21+/m0/s1. The van der Waals surface area contributed by atoms with Crippen molar-refractivity contribution in [3.63, 3.8) is 0 Å². The molecule has 0 saturated carbocycles. The van der Waals surface area contributed by atoms with Crippen LogP contribution in [0.5, 0.6) is 28.7 Å². The van der Waals surface area contributed by atoms with Crippen molar-refractivity contribution in [2.24, 2.45) is 5.92 Å². The first-order valence-electron chi connectivity index (χ1n) is 9.24. The van der Waals surface area contributed by atoms with Crippen LogP contribution in [0.1, 0.15) is 22.6 Å². The van der Waals surface area contributed by atoms with Crippen LogP contribution in [0, 0.1) is 5.92 Å². The van der Waals surface area contributed by atoms with Crippen molar-refractivity contribution in [1.29, 1.82) is 0 Å². The van der Waals surface area contributed by atoms with E-state index in [1.54, 1.807) is 18.2 Å². The van der Waals surface area contributed by atoms with Gasteiger partial charge in [0.15, 0.2) is 28.6 Å². The van der Waals surface area contributed by atoms with Crippen LogP contribution < -0.4 is 18.9 Å². The fraction of sp³-hybridized carbons (Fsp3) is 0.381. The second-order valence-electron chi connectivity index (χ2n) is 7.44. The fourth-order valence-corrected chi connectivity index (χ4v) is 4.62. The second kappa shape index (κ2) is 6.18. The van der Waals surface area contributed by atoms with Crippen LogP contribution in [0.3, 0.4) is 0 Å². The third kappa shape index (κ3) is 2.38. The number of carbonyl (C=O) groups is 1. The number of rotatable bonds is 3. The number of carbonyl (C=O) groups excluding carboxylic acids is 1. The normalized spacial score (nSPS) is 26.5. The molecule has 8 nitrogen and oxygen atoms in total. The highest BCUT2D eigenvalue weighted by Gasteiger charge is 2.60. The van der Waals surface area contributed by atoms with Crippen LogP contribution in [-0.4, -0.2) is 49.4 Å². The zero-order valence-electron chi connectivity index (χ0n) is 15.9. The van der Waals surface area contributed by atoms with Crippen LogP contribution in [-0.2, 0) is 16.0 Å². The summed E-state index contributed by atoms with van der Waals surface area (Å²) in [6, 6.07) is 6.89. The first-order chi connectivity index (χ1) is 14.0. The van der Waals surface area contributed by atoms with Crippen LogP contribution in [0.4, 0.5) is 0 Å². The molecule has 0 radical (unpaired) electrons. The average Bonchev–Trinajstić information content (AvgIpc) is 3.29. The third-order valence-electron chi connectivity index (χ3n) is 6.05. The number of hydrogen-bond donors (Lipinski definition) is 2. The summed E-state index contributed by atoms with van der Waals surface area (Å²) >= 11 is 0. The number of benzene rings is 2. The van der Waals surface area contributed by atoms with E-state index in [4.69, 9.17) is 23.7 Å². The predicted octanol–water partition coefficient (Wildman–Crippen LogP) is 1.73. The molecule has 2 heterocycles. The number of aliphatic hydroxyl groups is 1. The van der Waals surface area contributed by atoms with Crippen molar-refractivity contribution in [1.82, 2.24) is 0 Å². The van der Waals surface area contributed by atoms with Gasteiger partial charge in [0.1, 0.15) is 0 Å². The van der Waals surface area contributed by atoms with Gasteiger partial charge in [0, 0.05) is 11.8 Å². The monoisotopic (exact) mass is 400 g/mol. The highest BCUT2D eigenvalue weighted by atomic mass is 16.7. The summed E-state index contributed by atoms with van der Waals surface area (Å²) in [6.07, 6.45) is 0.469. The number of cyclic esters (lactones) is 1. The molecule has 1 aliphatic carbocycles. The molecule has 0 bridgehead atoms. The molecule has 3 aliphatic rings. The number of hydrogen-bond acceptors (Lipinski definition) is 8. The molecule has 3 atom stereocenters. The van der Waals surface area contributed by atoms with E-state index in [9.17, 15) is 15.0 Å². The van der Waals surface area contributed by atoms with E-state index >= 15 is 0 Å². The molecule has 0 amide bonds. The summed E-state index contributed by atoms with van der Waals surface area (Å²) < 4.78 is 26.8. The van der Waals surface area contributed by atoms with E-state index in [1.165, 1.54) is 14.2 Å². The van der Waals surface area contributed by atoms with Gasteiger partial charge in [-0.2, -0.15) is 0 Å². The van der Waals surface area contributed by atoms with Gasteiger partial charge in [-0.3, -0.25) is 0 Å². The SMILES string of the molecule is COc1cc([C@@H]2c3cc4c(cc3C[C@H]3COC(=O)[C@@]32O)OCO4)cc(OC)c1O. The largest absolute Gasteiger partial charge is 0.502 e. The van der Waals surface area contributed by atoms with E-state index in [-0.39, 0.29) is 30.6 Å². The van der Waals surface area contributed by atoms with E-state index in [0.717, 1.165) is 11.1 Å². The summed E-state index contributed by atoms with van der Waals surface area (Å²) in [4.78, 5) is 12.7. The lowest BCUT2D eigenvalue weighted by atomic mass is 9.64. The smallest absolute Gasteiger partial charge is 0.339 e. The lowest BCUT2D eigenvalue weighted by molar-refractivity contribution is -0.156. The van der Waals surface area contributed by atoms with Gasteiger partial charge in [0.2, 0.25) is 12.5 Å². The van der Waals surface area contributed by atoms with Gasteiger partial charge in [0.25, 0.3) is 0 Å². The fourth-order valence-electron chi connectivity index (χ4n) is 4.62. The van der Waals surface area contributed by atoms with Crippen LogP contribution in [0.2, 0.25) is 0 Å². The molecule has 2 aromatic rings. The Hall–Kier alpha value is -3.13. The van der Waals surface area contributed by atoms with Crippen molar-refractivity contribution in [3.05, 3.63) is 41.0 Å². The molecule has 2 aliphatic heterocycles. The van der Waals surface area contributed by atoms with E-state index in [1.807, 2.05) is 6.07 Å². The highest BCUT2D eigenvalue weighted by molar-refractivity contribution is 5.85. The maximum absolute atomic E-state index is 12.7. The van der Waals surface area contributed by atoms with E-state index in [2.05, 4.69) is 0 Å². The number of phenolic OH excluding ortho intramolecular Hbond substituents is 1. The Labute approximate surface area is 166 Å². The number of methoxy groups -OCH3 is 2. The number of aromatic hydroxyl groups is 1. The number of ether oxygens (including phenoxy) is 5. The van der Waals surface area contributed by atoms with Crippen molar-refractivity contribution in [3.8, 4) is 28.7 Å².